The van der Waals surface area contributed by atoms with Crippen molar-refractivity contribution >= 4 is 9.84 Å². The summed E-state index contributed by atoms with van der Waals surface area (Å²) in [5.41, 5.74) is 0. The molecule has 2 fully saturated rings. The zero-order chi connectivity index (χ0) is 14.0. The molecule has 2 rings (SSSR count). The third kappa shape index (κ3) is 4.72. The van der Waals surface area contributed by atoms with Gasteiger partial charge >= 0.3 is 0 Å². The van der Waals surface area contributed by atoms with E-state index in [1.807, 2.05) is 0 Å². The molecule has 0 radical (unpaired) electrons. The number of nitrogens with zero attached hydrogens (tertiary/aromatic N) is 1. The number of nitrogens with one attached hydrogen (secondary N) is 1. The maximum atomic E-state index is 11.2. The fraction of sp³-hybridized carbons (Fsp3) is 1.00. The fourth-order valence-electron chi connectivity index (χ4n) is 3.11. The maximum Gasteiger partial charge on any atom is 0.147 e. The lowest BCUT2D eigenvalue weighted by molar-refractivity contribution is 0.0927. The number of rotatable bonds is 6. The van der Waals surface area contributed by atoms with Crippen LogP contribution in [0.3, 0.4) is 0 Å². The van der Waals surface area contributed by atoms with Gasteiger partial charge in [-0.25, -0.2) is 8.42 Å². The lowest BCUT2D eigenvalue weighted by Gasteiger charge is -2.42. The van der Waals surface area contributed by atoms with E-state index in [2.05, 4.69) is 24.1 Å². The Morgan fingerprint density at radius 2 is 2.00 bits per heavy atom. The highest BCUT2D eigenvalue weighted by Gasteiger charge is 2.37. The topological polar surface area (TPSA) is 49.4 Å². The van der Waals surface area contributed by atoms with Gasteiger partial charge in [0, 0.05) is 31.4 Å². The number of hydrogen-bond acceptors (Lipinski definition) is 4. The van der Waals surface area contributed by atoms with Crippen LogP contribution in [0, 0.1) is 11.8 Å². The summed E-state index contributed by atoms with van der Waals surface area (Å²) in [4.78, 5) is 2.52. The van der Waals surface area contributed by atoms with Gasteiger partial charge in [0.15, 0.2) is 0 Å². The summed E-state index contributed by atoms with van der Waals surface area (Å²) in [5, 5.41) is 3.69. The number of hydrogen-bond donors (Lipinski definition) is 1. The van der Waals surface area contributed by atoms with Crippen LogP contribution in [0.4, 0.5) is 0 Å². The summed E-state index contributed by atoms with van der Waals surface area (Å²) in [6, 6.07) is 1.18. The molecular formula is C14H28N2O2S. The molecule has 1 saturated carbocycles. The first-order valence-corrected chi connectivity index (χ1v) is 9.58. The van der Waals surface area contributed by atoms with Gasteiger partial charge in [0.25, 0.3) is 0 Å². The van der Waals surface area contributed by atoms with Crippen LogP contribution in [0.2, 0.25) is 0 Å². The monoisotopic (exact) mass is 288 g/mol. The quantitative estimate of drug-likeness (QED) is 0.796. The first-order chi connectivity index (χ1) is 8.87. The summed E-state index contributed by atoms with van der Waals surface area (Å²) < 4.78 is 22.5. The highest BCUT2D eigenvalue weighted by atomic mass is 32.2. The average Bonchev–Trinajstić information content (AvgIpc) is 3.10. The van der Waals surface area contributed by atoms with E-state index in [9.17, 15) is 8.42 Å². The normalized spacial score (nSPS) is 29.9. The van der Waals surface area contributed by atoms with Gasteiger partial charge in [-0.15, -0.1) is 0 Å². The standard InChI is InChI=1S/C14H28N2O2S/c1-11(2)14-9-15-13(12-5-6-12)10-16(14)7-4-8-19(3,17)18/h11-15H,4-10H2,1-3H3. The smallest absolute Gasteiger partial charge is 0.147 e. The molecule has 1 N–H and O–H groups in total. The van der Waals surface area contributed by atoms with E-state index in [1.165, 1.54) is 19.1 Å². The van der Waals surface area contributed by atoms with E-state index in [-0.39, 0.29) is 0 Å². The number of sulfone groups is 1. The molecule has 1 aliphatic carbocycles. The SMILES string of the molecule is CC(C)C1CNC(C2CC2)CN1CCCS(C)(=O)=O. The Morgan fingerprint density at radius 3 is 2.53 bits per heavy atom. The molecule has 0 bridgehead atoms. The summed E-state index contributed by atoms with van der Waals surface area (Å²) in [6.07, 6.45) is 4.82. The Morgan fingerprint density at radius 1 is 1.32 bits per heavy atom. The summed E-state index contributed by atoms with van der Waals surface area (Å²) in [5.74, 6) is 1.80. The van der Waals surface area contributed by atoms with Crippen molar-refractivity contribution in [2.24, 2.45) is 11.8 Å². The molecule has 1 aliphatic heterocycles. The largest absolute Gasteiger partial charge is 0.311 e. The highest BCUT2D eigenvalue weighted by Crippen LogP contribution is 2.34. The Labute approximate surface area is 117 Å². The van der Waals surface area contributed by atoms with E-state index in [0.29, 0.717) is 23.8 Å². The second-order valence-corrected chi connectivity index (χ2v) is 8.90. The van der Waals surface area contributed by atoms with Crippen molar-refractivity contribution in [2.45, 2.75) is 45.2 Å². The van der Waals surface area contributed by atoms with Gasteiger partial charge in [-0.1, -0.05) is 13.8 Å². The highest BCUT2D eigenvalue weighted by molar-refractivity contribution is 7.90. The Bertz CT molecular complexity index is 390. The predicted octanol–water partition coefficient (Wildman–Crippen LogP) is 1.13. The zero-order valence-electron chi connectivity index (χ0n) is 12.4. The first-order valence-electron chi connectivity index (χ1n) is 7.52. The summed E-state index contributed by atoms with van der Waals surface area (Å²) in [7, 11) is -2.82. The van der Waals surface area contributed by atoms with Gasteiger partial charge in [0.05, 0.1) is 5.75 Å². The fourth-order valence-corrected chi connectivity index (χ4v) is 3.77. The summed E-state index contributed by atoms with van der Waals surface area (Å²) >= 11 is 0. The molecule has 4 nitrogen and oxygen atoms in total. The summed E-state index contributed by atoms with van der Waals surface area (Å²) in [6.45, 7) is 7.58. The van der Waals surface area contributed by atoms with Crippen molar-refractivity contribution in [3.8, 4) is 0 Å². The average molecular weight is 288 g/mol. The predicted molar refractivity (Wildman–Crippen MR) is 79.0 cm³/mol. The minimum absolute atomic E-state index is 0.315. The van der Waals surface area contributed by atoms with E-state index in [4.69, 9.17) is 0 Å². The van der Waals surface area contributed by atoms with Gasteiger partial charge in [0.2, 0.25) is 0 Å². The molecule has 0 spiro atoms. The molecule has 0 aromatic rings. The Balaban J connectivity index is 1.87. The van der Waals surface area contributed by atoms with Crippen molar-refractivity contribution in [1.29, 1.82) is 0 Å². The molecule has 19 heavy (non-hydrogen) atoms. The van der Waals surface area contributed by atoms with Crippen molar-refractivity contribution in [3.63, 3.8) is 0 Å². The van der Waals surface area contributed by atoms with Gasteiger partial charge in [-0.2, -0.15) is 0 Å². The Hall–Kier alpha value is -0.130. The zero-order valence-corrected chi connectivity index (χ0v) is 13.2. The van der Waals surface area contributed by atoms with Gasteiger partial charge in [-0.3, -0.25) is 4.90 Å². The molecule has 0 aromatic heterocycles. The molecule has 0 amide bonds. The van der Waals surface area contributed by atoms with Gasteiger partial charge in [-0.05, 0) is 37.6 Å². The second-order valence-electron chi connectivity index (χ2n) is 6.64. The molecule has 2 atom stereocenters. The molecule has 5 heteroatoms. The minimum atomic E-state index is -2.82. The third-order valence-corrected chi connectivity index (χ3v) is 5.44. The lowest BCUT2D eigenvalue weighted by Crippen LogP contribution is -2.59. The molecular weight excluding hydrogens is 260 g/mol. The third-order valence-electron chi connectivity index (χ3n) is 4.41. The van der Waals surface area contributed by atoms with E-state index in [1.54, 1.807) is 0 Å². The van der Waals surface area contributed by atoms with Crippen molar-refractivity contribution < 1.29 is 8.42 Å². The molecule has 112 valence electrons. The minimum Gasteiger partial charge on any atom is -0.311 e. The van der Waals surface area contributed by atoms with E-state index >= 15 is 0 Å². The van der Waals surface area contributed by atoms with Crippen LogP contribution in [0.1, 0.15) is 33.1 Å². The lowest BCUT2D eigenvalue weighted by atomic mass is 9.97. The van der Waals surface area contributed by atoms with Crippen molar-refractivity contribution in [1.82, 2.24) is 10.2 Å². The Kier molecular flexibility index (Phi) is 4.90. The first kappa shape index (κ1) is 15.3. The van der Waals surface area contributed by atoms with Crippen LogP contribution in [0.5, 0.6) is 0 Å². The second kappa shape index (κ2) is 6.10. The van der Waals surface area contributed by atoms with Crippen molar-refractivity contribution in [2.75, 3.05) is 31.6 Å². The van der Waals surface area contributed by atoms with Crippen LogP contribution in [-0.4, -0.2) is 57.0 Å². The van der Waals surface area contributed by atoms with E-state index in [0.717, 1.165) is 32.0 Å². The van der Waals surface area contributed by atoms with Crippen LogP contribution in [0.15, 0.2) is 0 Å². The number of piperazine rings is 1. The van der Waals surface area contributed by atoms with Crippen LogP contribution in [0.25, 0.3) is 0 Å². The van der Waals surface area contributed by atoms with Gasteiger partial charge in [0.1, 0.15) is 9.84 Å². The van der Waals surface area contributed by atoms with Crippen molar-refractivity contribution in [3.05, 3.63) is 0 Å². The molecule has 1 heterocycles. The van der Waals surface area contributed by atoms with Crippen LogP contribution >= 0.6 is 0 Å². The molecule has 0 aromatic carbocycles. The molecule has 1 saturated heterocycles. The maximum absolute atomic E-state index is 11.2. The van der Waals surface area contributed by atoms with Gasteiger partial charge < -0.3 is 5.32 Å². The van der Waals surface area contributed by atoms with E-state index < -0.39 is 9.84 Å². The van der Waals surface area contributed by atoms with Crippen LogP contribution < -0.4 is 5.32 Å². The molecule has 2 unspecified atom stereocenters. The van der Waals surface area contributed by atoms with Crippen LogP contribution in [-0.2, 0) is 9.84 Å². The molecule has 2 aliphatic rings.